The summed E-state index contributed by atoms with van der Waals surface area (Å²) >= 11 is 0.981. The van der Waals surface area contributed by atoms with Gasteiger partial charge in [0.1, 0.15) is 30.1 Å². The van der Waals surface area contributed by atoms with Crippen molar-refractivity contribution in [2.45, 2.75) is 55.9 Å². The molecule has 0 aromatic heterocycles. The Balaban J connectivity index is 1.30. The number of thioether (sulfide) groups is 1. The van der Waals surface area contributed by atoms with Gasteiger partial charge in [-0.15, -0.1) is 11.8 Å². The van der Waals surface area contributed by atoms with Crippen LogP contribution in [0.4, 0.5) is 4.79 Å². The highest BCUT2D eigenvalue weighted by molar-refractivity contribution is 8.01. The number of likely N-dealkylation sites (N-methyl/N-ethyl adjacent to an activating group) is 1. The molecule has 1 unspecified atom stereocenters. The first-order chi connectivity index (χ1) is 25.1. The monoisotopic (exact) mass is 753 g/mol. The van der Waals surface area contributed by atoms with Crippen molar-refractivity contribution in [2.24, 2.45) is 0 Å². The molecule has 3 aliphatic heterocycles. The van der Waals surface area contributed by atoms with Gasteiger partial charge < -0.3 is 39.8 Å². The number of ether oxygens (including phenoxy) is 3. The van der Waals surface area contributed by atoms with Crippen molar-refractivity contribution in [2.75, 3.05) is 26.2 Å². The molecule has 0 radical (unpaired) electrons. The van der Waals surface area contributed by atoms with E-state index in [1.165, 1.54) is 36.1 Å². The standard InChI is InChI=1S/C34H35N5O13S/c1-5-37-13-14-38(29(45)28(37)44)33(49)36-23(19-9-7-6-8-10-19)26(42)35-24-27(43)39-25(31(46)47)34(4,53-30(24)39)16-50-32(48)20-11-12-21(51-17(2)40)22(15-20)52-18(3)41/h6-12,15,23-25,30H,5,13-14,16H2,1-4H3,(H,35,42)(H,36,49)(H,46,47)/t23-,24-,25?,30+,34+/m1/s1. The minimum atomic E-state index is -1.48. The molecule has 2 aromatic rings. The lowest BCUT2D eigenvalue weighted by Gasteiger charge is -2.44. The number of aliphatic carboxylic acids is 1. The highest BCUT2D eigenvalue weighted by Gasteiger charge is 2.66. The summed E-state index contributed by atoms with van der Waals surface area (Å²) in [4.78, 5) is 117. The number of imide groups is 1. The number of rotatable bonds is 11. The molecule has 53 heavy (non-hydrogen) atoms. The normalized spacial score (nSPS) is 22.6. The lowest BCUT2D eigenvalue weighted by molar-refractivity contribution is -0.161. The number of nitrogens with one attached hydrogen (secondary N) is 2. The molecule has 3 N–H and O–H groups in total. The number of amides is 6. The molecule has 280 valence electrons. The van der Waals surface area contributed by atoms with E-state index in [1.54, 1.807) is 25.1 Å². The molecular formula is C34H35N5O13S. The second-order valence-electron chi connectivity index (χ2n) is 12.4. The van der Waals surface area contributed by atoms with Crippen LogP contribution in [0, 0.1) is 0 Å². The third kappa shape index (κ3) is 7.79. The molecule has 0 saturated carbocycles. The van der Waals surface area contributed by atoms with Crippen LogP contribution in [0.3, 0.4) is 0 Å². The highest BCUT2D eigenvalue weighted by atomic mass is 32.2. The molecule has 6 amide bonds. The van der Waals surface area contributed by atoms with Crippen LogP contribution < -0.4 is 20.1 Å². The van der Waals surface area contributed by atoms with Gasteiger partial charge in [0, 0.05) is 33.5 Å². The maximum absolute atomic E-state index is 13.7. The zero-order chi connectivity index (χ0) is 38.8. The van der Waals surface area contributed by atoms with Crippen LogP contribution in [0.15, 0.2) is 48.5 Å². The maximum atomic E-state index is 13.7. The number of fused-ring (bicyclic) bond motifs is 1. The number of carbonyl (C=O) groups excluding carboxylic acids is 8. The topological polar surface area (TPSA) is 235 Å². The van der Waals surface area contributed by atoms with Crippen molar-refractivity contribution in [3.8, 4) is 11.5 Å². The fourth-order valence-corrected chi connectivity index (χ4v) is 7.78. The molecule has 18 nitrogen and oxygen atoms in total. The molecule has 5 atom stereocenters. The molecule has 0 spiro atoms. The minimum absolute atomic E-state index is 0.102. The van der Waals surface area contributed by atoms with Gasteiger partial charge in [-0.05, 0) is 37.6 Å². The Morgan fingerprint density at radius 2 is 1.60 bits per heavy atom. The number of benzene rings is 2. The SMILES string of the molecule is CCN1CCN(C(=O)N[C@@H](C(=O)N[C@@H]2C(=O)N3C(C(=O)O)[C@](C)(COC(=O)c4ccc(OC(C)=O)c(OC(C)=O)c4)S[C@@H]23)c2ccccc2)C(=O)C1=O. The molecule has 2 aromatic carbocycles. The fourth-order valence-electron chi connectivity index (χ4n) is 6.10. The number of hydrogen-bond donors (Lipinski definition) is 3. The van der Waals surface area contributed by atoms with Crippen LogP contribution in [0.2, 0.25) is 0 Å². The van der Waals surface area contributed by atoms with Crippen LogP contribution in [0.5, 0.6) is 11.5 Å². The summed E-state index contributed by atoms with van der Waals surface area (Å²) in [7, 11) is 0. The molecular weight excluding hydrogens is 718 g/mol. The average molecular weight is 754 g/mol. The number of β-lactam (4-membered cyclic amide) rings is 1. The lowest BCUT2D eigenvalue weighted by atomic mass is 9.94. The average Bonchev–Trinajstić information content (AvgIpc) is 3.39. The second kappa shape index (κ2) is 15.3. The Kier molecular flexibility index (Phi) is 11.1. The van der Waals surface area contributed by atoms with Crippen LogP contribution >= 0.6 is 11.8 Å². The van der Waals surface area contributed by atoms with E-state index in [4.69, 9.17) is 14.2 Å². The Labute approximate surface area is 306 Å². The van der Waals surface area contributed by atoms with Gasteiger partial charge >= 0.3 is 41.7 Å². The van der Waals surface area contributed by atoms with Gasteiger partial charge in [0.25, 0.3) is 0 Å². The number of hydrogen-bond acceptors (Lipinski definition) is 13. The quantitative estimate of drug-likeness (QED) is 0.122. The summed E-state index contributed by atoms with van der Waals surface area (Å²) < 4.78 is 14.1. The van der Waals surface area contributed by atoms with Gasteiger partial charge in [-0.1, -0.05) is 30.3 Å². The highest BCUT2D eigenvalue weighted by Crippen LogP contribution is 2.51. The van der Waals surface area contributed by atoms with Gasteiger partial charge in [-0.2, -0.15) is 0 Å². The van der Waals surface area contributed by atoms with E-state index in [0.29, 0.717) is 10.5 Å². The third-order valence-corrected chi connectivity index (χ3v) is 10.3. The number of esters is 3. The predicted molar refractivity (Wildman–Crippen MR) is 181 cm³/mol. The van der Waals surface area contributed by atoms with E-state index in [9.17, 15) is 48.3 Å². The molecule has 3 saturated heterocycles. The van der Waals surface area contributed by atoms with Crippen LogP contribution in [-0.4, -0.2) is 122 Å². The van der Waals surface area contributed by atoms with E-state index in [0.717, 1.165) is 36.6 Å². The molecule has 0 bridgehead atoms. The summed E-state index contributed by atoms with van der Waals surface area (Å²) in [6.45, 7) is 5.17. The number of urea groups is 1. The Morgan fingerprint density at radius 3 is 2.23 bits per heavy atom. The summed E-state index contributed by atoms with van der Waals surface area (Å²) in [5.74, 6) is -7.66. The molecule has 3 aliphatic rings. The lowest BCUT2D eigenvalue weighted by Crippen LogP contribution is -2.71. The number of piperazine rings is 1. The van der Waals surface area contributed by atoms with E-state index in [1.807, 2.05) is 0 Å². The van der Waals surface area contributed by atoms with E-state index in [-0.39, 0.29) is 36.7 Å². The van der Waals surface area contributed by atoms with Gasteiger partial charge in [0.15, 0.2) is 11.5 Å². The predicted octanol–water partition coefficient (Wildman–Crippen LogP) is 0.447. The van der Waals surface area contributed by atoms with Crippen molar-refractivity contribution in [3.63, 3.8) is 0 Å². The van der Waals surface area contributed by atoms with E-state index >= 15 is 0 Å². The summed E-state index contributed by atoms with van der Waals surface area (Å²) in [5, 5.41) is 14.3. The van der Waals surface area contributed by atoms with Gasteiger partial charge in [-0.25, -0.2) is 14.4 Å². The molecule has 0 aliphatic carbocycles. The largest absolute Gasteiger partial charge is 0.480 e. The number of carbonyl (C=O) groups is 9. The first-order valence-corrected chi connectivity index (χ1v) is 17.1. The van der Waals surface area contributed by atoms with Crippen molar-refractivity contribution < 1.29 is 62.5 Å². The fraction of sp³-hybridized carbons (Fsp3) is 0.382. The Morgan fingerprint density at radius 1 is 0.943 bits per heavy atom. The van der Waals surface area contributed by atoms with Crippen LogP contribution in [-0.2, 0) is 38.3 Å². The smallest absolute Gasteiger partial charge is 0.338 e. The van der Waals surface area contributed by atoms with Crippen molar-refractivity contribution >= 4 is 65.3 Å². The third-order valence-electron chi connectivity index (χ3n) is 8.63. The zero-order valence-corrected chi connectivity index (χ0v) is 29.7. The van der Waals surface area contributed by atoms with Gasteiger partial charge in [0.2, 0.25) is 11.8 Å². The molecule has 5 rings (SSSR count). The van der Waals surface area contributed by atoms with Crippen molar-refractivity contribution in [1.82, 2.24) is 25.3 Å². The van der Waals surface area contributed by atoms with Crippen molar-refractivity contribution in [1.29, 1.82) is 0 Å². The molecule has 3 heterocycles. The first-order valence-electron chi connectivity index (χ1n) is 16.2. The summed E-state index contributed by atoms with van der Waals surface area (Å²) in [6.07, 6.45) is 0. The second-order valence-corrected chi connectivity index (χ2v) is 14.0. The summed E-state index contributed by atoms with van der Waals surface area (Å²) in [5.41, 5.74) is 0.178. The number of carboxylic acid groups (broad SMARTS) is 1. The van der Waals surface area contributed by atoms with Crippen molar-refractivity contribution in [3.05, 3.63) is 59.7 Å². The van der Waals surface area contributed by atoms with Gasteiger partial charge in [0.05, 0.1) is 10.3 Å². The van der Waals surface area contributed by atoms with Gasteiger partial charge in [-0.3, -0.25) is 33.7 Å². The van der Waals surface area contributed by atoms with E-state index < -0.39 is 88.4 Å². The van der Waals surface area contributed by atoms with Crippen LogP contribution in [0.25, 0.3) is 0 Å². The molecule has 19 heteroatoms. The molecule has 3 fully saturated rings. The first kappa shape index (κ1) is 38.3. The number of nitrogens with zero attached hydrogens (tertiary/aromatic N) is 3. The Bertz CT molecular complexity index is 1890. The Hall–Kier alpha value is -5.98. The zero-order valence-electron chi connectivity index (χ0n) is 28.9. The summed E-state index contributed by atoms with van der Waals surface area (Å²) in [6, 6.07) is 6.39. The minimum Gasteiger partial charge on any atom is -0.480 e. The maximum Gasteiger partial charge on any atom is 0.338 e. The number of carboxylic acids is 1. The van der Waals surface area contributed by atoms with E-state index in [2.05, 4.69) is 10.6 Å². The van der Waals surface area contributed by atoms with Crippen LogP contribution in [0.1, 0.15) is 49.7 Å².